The van der Waals surface area contributed by atoms with Crippen molar-refractivity contribution >= 4 is 17.7 Å². The molecule has 2 aliphatic heterocycles. The average molecular weight is 378 g/mol. The lowest BCUT2D eigenvalue weighted by Gasteiger charge is -2.44. The van der Waals surface area contributed by atoms with Crippen LogP contribution in [-0.4, -0.2) is 34.4 Å². The summed E-state index contributed by atoms with van der Waals surface area (Å²) in [7, 11) is 0. The number of para-hydroxylation sites is 1. The number of nitro benzene ring substituents is 1. The molecule has 0 atom stereocenters. The van der Waals surface area contributed by atoms with E-state index in [1.807, 2.05) is 23.1 Å². The van der Waals surface area contributed by atoms with E-state index in [4.69, 9.17) is 4.74 Å². The molecule has 28 heavy (non-hydrogen) atoms. The molecular weight excluding hydrogens is 356 g/mol. The maximum absolute atomic E-state index is 12.5. The van der Waals surface area contributed by atoms with E-state index in [1.54, 1.807) is 18.2 Å². The number of non-ortho nitro benzene ring substituents is 1. The first-order chi connectivity index (χ1) is 13.5. The third-order valence-electron chi connectivity index (χ3n) is 5.66. The van der Waals surface area contributed by atoms with Gasteiger partial charge in [-0.25, -0.2) is 0 Å². The standard InChI is InChI=1S/C22H22N2O4/c25-21(10-7-17-5-8-19(9-6-17)24(26)27)23-15-13-22(14-16-23)12-11-18-3-1-2-4-20(18)28-22/h1-10H,11-16H2/b10-7+. The monoisotopic (exact) mass is 378 g/mol. The molecule has 6 nitrogen and oxygen atoms in total. The SMILES string of the molecule is O=C(/C=C/c1ccc([N+](=O)[O-])cc1)N1CCC2(CCc3ccccc3O2)CC1. The normalized spacial score (nSPS) is 17.9. The number of likely N-dealkylation sites (tertiary alicyclic amines) is 1. The van der Waals surface area contributed by atoms with Crippen molar-refractivity contribution in [2.24, 2.45) is 0 Å². The number of fused-ring (bicyclic) bond motifs is 1. The Labute approximate surface area is 163 Å². The highest BCUT2D eigenvalue weighted by atomic mass is 16.6. The van der Waals surface area contributed by atoms with Crippen LogP contribution in [0.2, 0.25) is 0 Å². The smallest absolute Gasteiger partial charge is 0.269 e. The van der Waals surface area contributed by atoms with Crippen LogP contribution in [0, 0.1) is 10.1 Å². The summed E-state index contributed by atoms with van der Waals surface area (Å²) in [5.41, 5.74) is 1.91. The second-order valence-corrected chi connectivity index (χ2v) is 7.40. The molecule has 0 bridgehead atoms. The van der Waals surface area contributed by atoms with Crippen LogP contribution in [-0.2, 0) is 11.2 Å². The highest BCUT2D eigenvalue weighted by Crippen LogP contribution is 2.39. The highest BCUT2D eigenvalue weighted by molar-refractivity contribution is 5.91. The van der Waals surface area contributed by atoms with E-state index in [1.165, 1.54) is 23.8 Å². The minimum atomic E-state index is -0.437. The van der Waals surface area contributed by atoms with E-state index in [2.05, 4.69) is 6.07 Å². The van der Waals surface area contributed by atoms with E-state index >= 15 is 0 Å². The molecule has 1 amide bonds. The number of carbonyl (C=O) groups is 1. The van der Waals surface area contributed by atoms with Crippen molar-refractivity contribution in [1.29, 1.82) is 0 Å². The van der Waals surface area contributed by atoms with Crippen LogP contribution in [0.25, 0.3) is 6.08 Å². The largest absolute Gasteiger partial charge is 0.487 e. The van der Waals surface area contributed by atoms with Crippen LogP contribution in [0.4, 0.5) is 5.69 Å². The number of benzene rings is 2. The van der Waals surface area contributed by atoms with Crippen molar-refractivity contribution in [3.8, 4) is 5.75 Å². The Morgan fingerprint density at radius 3 is 2.50 bits per heavy atom. The summed E-state index contributed by atoms with van der Waals surface area (Å²) in [6.45, 7) is 1.34. The quantitative estimate of drug-likeness (QED) is 0.460. The van der Waals surface area contributed by atoms with Gasteiger partial charge in [-0.1, -0.05) is 18.2 Å². The van der Waals surface area contributed by atoms with E-state index in [0.29, 0.717) is 13.1 Å². The lowest BCUT2D eigenvalue weighted by Crippen LogP contribution is -2.50. The van der Waals surface area contributed by atoms with E-state index in [0.717, 1.165) is 37.0 Å². The van der Waals surface area contributed by atoms with Crippen molar-refractivity contribution in [2.75, 3.05) is 13.1 Å². The molecule has 2 aliphatic rings. The van der Waals surface area contributed by atoms with Gasteiger partial charge in [0, 0.05) is 44.1 Å². The topological polar surface area (TPSA) is 72.7 Å². The minimum absolute atomic E-state index is 0.0376. The van der Waals surface area contributed by atoms with Gasteiger partial charge in [0.15, 0.2) is 0 Å². The van der Waals surface area contributed by atoms with Crippen LogP contribution < -0.4 is 4.74 Å². The fourth-order valence-corrected chi connectivity index (χ4v) is 3.92. The Bertz CT molecular complexity index is 912. The second kappa shape index (κ2) is 7.46. The Morgan fingerprint density at radius 1 is 1.07 bits per heavy atom. The average Bonchev–Trinajstić information content (AvgIpc) is 2.73. The van der Waals surface area contributed by atoms with Crippen LogP contribution in [0.1, 0.15) is 30.4 Å². The van der Waals surface area contributed by atoms with E-state index < -0.39 is 4.92 Å². The maximum atomic E-state index is 12.5. The number of ether oxygens (including phenoxy) is 1. The van der Waals surface area contributed by atoms with Crippen LogP contribution in [0.15, 0.2) is 54.6 Å². The summed E-state index contributed by atoms with van der Waals surface area (Å²) in [6, 6.07) is 14.3. The molecule has 6 heteroatoms. The van der Waals surface area contributed by atoms with Gasteiger partial charge in [-0.05, 0) is 48.2 Å². The molecular formula is C22H22N2O4. The number of nitro groups is 1. The Balaban J connectivity index is 1.35. The first-order valence-electron chi connectivity index (χ1n) is 9.53. The minimum Gasteiger partial charge on any atom is -0.487 e. The van der Waals surface area contributed by atoms with Gasteiger partial charge in [0.2, 0.25) is 5.91 Å². The van der Waals surface area contributed by atoms with Crippen molar-refractivity contribution in [3.63, 3.8) is 0 Å². The third kappa shape index (κ3) is 3.76. The number of nitrogens with zero attached hydrogens (tertiary/aromatic N) is 2. The Kier molecular flexibility index (Phi) is 4.86. The summed E-state index contributed by atoms with van der Waals surface area (Å²) in [5.74, 6) is 0.941. The van der Waals surface area contributed by atoms with Crippen molar-refractivity contribution in [3.05, 3.63) is 75.8 Å². The lowest BCUT2D eigenvalue weighted by atomic mass is 9.83. The first-order valence-corrected chi connectivity index (χ1v) is 9.53. The molecule has 0 aromatic heterocycles. The van der Waals surface area contributed by atoms with Gasteiger partial charge in [0.25, 0.3) is 5.69 Å². The molecule has 2 aromatic rings. The molecule has 2 aromatic carbocycles. The van der Waals surface area contributed by atoms with Crippen LogP contribution in [0.3, 0.4) is 0 Å². The molecule has 0 unspecified atom stereocenters. The van der Waals surface area contributed by atoms with Crippen molar-refractivity contribution < 1.29 is 14.5 Å². The van der Waals surface area contributed by atoms with Crippen molar-refractivity contribution in [2.45, 2.75) is 31.3 Å². The number of carbonyl (C=O) groups excluding carboxylic acids is 1. The molecule has 4 rings (SSSR count). The van der Waals surface area contributed by atoms with Crippen molar-refractivity contribution in [1.82, 2.24) is 4.90 Å². The number of hydrogen-bond acceptors (Lipinski definition) is 4. The molecule has 144 valence electrons. The fraction of sp³-hybridized carbons (Fsp3) is 0.318. The number of aryl methyl sites for hydroxylation is 1. The predicted octanol–water partition coefficient (Wildman–Crippen LogP) is 3.99. The summed E-state index contributed by atoms with van der Waals surface area (Å²) in [5, 5.41) is 10.7. The summed E-state index contributed by atoms with van der Waals surface area (Å²) in [6.07, 6.45) is 6.91. The zero-order chi connectivity index (χ0) is 19.6. The molecule has 0 N–H and O–H groups in total. The van der Waals surface area contributed by atoms with Gasteiger partial charge < -0.3 is 9.64 Å². The molecule has 0 aliphatic carbocycles. The fourth-order valence-electron chi connectivity index (χ4n) is 3.92. The van der Waals surface area contributed by atoms with Gasteiger partial charge in [-0.15, -0.1) is 0 Å². The van der Waals surface area contributed by atoms with Gasteiger partial charge in [0.05, 0.1) is 4.92 Å². The number of amides is 1. The molecule has 0 saturated carbocycles. The zero-order valence-electron chi connectivity index (χ0n) is 15.5. The third-order valence-corrected chi connectivity index (χ3v) is 5.66. The molecule has 1 saturated heterocycles. The molecule has 2 heterocycles. The van der Waals surface area contributed by atoms with Gasteiger partial charge in [-0.2, -0.15) is 0 Å². The second-order valence-electron chi connectivity index (χ2n) is 7.40. The summed E-state index contributed by atoms with van der Waals surface area (Å²) < 4.78 is 6.34. The Morgan fingerprint density at radius 2 is 1.79 bits per heavy atom. The van der Waals surface area contributed by atoms with Gasteiger partial charge >= 0.3 is 0 Å². The molecule has 1 spiro atoms. The Hall–Kier alpha value is -3.15. The summed E-state index contributed by atoms with van der Waals surface area (Å²) >= 11 is 0. The predicted molar refractivity (Wildman–Crippen MR) is 106 cm³/mol. The van der Waals surface area contributed by atoms with Crippen LogP contribution in [0.5, 0.6) is 5.75 Å². The lowest BCUT2D eigenvalue weighted by molar-refractivity contribution is -0.384. The van der Waals surface area contributed by atoms with E-state index in [9.17, 15) is 14.9 Å². The van der Waals surface area contributed by atoms with E-state index in [-0.39, 0.29) is 17.2 Å². The number of hydrogen-bond donors (Lipinski definition) is 0. The molecule has 0 radical (unpaired) electrons. The van der Waals surface area contributed by atoms with Gasteiger partial charge in [0.1, 0.15) is 11.4 Å². The van der Waals surface area contributed by atoms with Crippen LogP contribution >= 0.6 is 0 Å². The molecule has 1 fully saturated rings. The summed E-state index contributed by atoms with van der Waals surface area (Å²) in [4.78, 5) is 24.6. The zero-order valence-corrected chi connectivity index (χ0v) is 15.5. The number of rotatable bonds is 3. The maximum Gasteiger partial charge on any atom is 0.269 e. The first kappa shape index (κ1) is 18.2. The number of piperidine rings is 1. The highest BCUT2D eigenvalue weighted by Gasteiger charge is 2.39. The van der Waals surface area contributed by atoms with Gasteiger partial charge in [-0.3, -0.25) is 14.9 Å².